The molecule has 4 rings (SSSR count). The highest BCUT2D eigenvalue weighted by Gasteiger charge is 2.23. The normalized spacial score (nSPS) is 14.0. The Labute approximate surface area is 180 Å². The maximum atomic E-state index is 14.0. The Morgan fingerprint density at radius 1 is 0.968 bits per heavy atom. The minimum atomic E-state index is -0.921. The number of nitro groups is 1. The van der Waals surface area contributed by atoms with Crippen molar-refractivity contribution in [2.75, 3.05) is 36.0 Å². The van der Waals surface area contributed by atoms with Crippen LogP contribution >= 0.6 is 11.6 Å². The lowest BCUT2D eigenvalue weighted by molar-refractivity contribution is -0.384. The highest BCUT2D eigenvalue weighted by Crippen LogP contribution is 2.26. The van der Waals surface area contributed by atoms with E-state index in [0.717, 1.165) is 22.5 Å². The maximum absolute atomic E-state index is 14.0. The van der Waals surface area contributed by atoms with E-state index in [1.807, 2.05) is 4.90 Å². The van der Waals surface area contributed by atoms with Gasteiger partial charge in [0.05, 0.1) is 16.8 Å². The summed E-state index contributed by atoms with van der Waals surface area (Å²) in [5.74, 6) is -1.68. The zero-order chi connectivity index (χ0) is 22.1. The molecule has 1 aromatic heterocycles. The quantitative estimate of drug-likeness (QED) is 0.450. The zero-order valence-electron chi connectivity index (χ0n) is 16.0. The molecule has 0 bridgehead atoms. The van der Waals surface area contributed by atoms with Gasteiger partial charge in [0, 0.05) is 50.1 Å². The Balaban J connectivity index is 1.51. The van der Waals surface area contributed by atoms with E-state index in [4.69, 9.17) is 11.6 Å². The number of halogens is 3. The first-order chi connectivity index (χ1) is 14.8. The second kappa shape index (κ2) is 8.31. The number of nitrogens with zero attached hydrogens (tertiary/aromatic N) is 5. The fourth-order valence-electron chi connectivity index (χ4n) is 3.46. The van der Waals surface area contributed by atoms with Crippen LogP contribution in [0.3, 0.4) is 0 Å². The van der Waals surface area contributed by atoms with Crippen molar-refractivity contribution in [2.45, 2.75) is 0 Å². The minimum absolute atomic E-state index is 0.0263. The molecule has 0 atom stereocenters. The predicted octanol–water partition coefficient (Wildman–Crippen LogP) is 3.40. The van der Waals surface area contributed by atoms with Gasteiger partial charge < -0.3 is 9.80 Å². The van der Waals surface area contributed by atoms with E-state index in [0.29, 0.717) is 37.9 Å². The summed E-state index contributed by atoms with van der Waals surface area (Å²) < 4.78 is 28.0. The third-order valence-corrected chi connectivity index (χ3v) is 5.44. The van der Waals surface area contributed by atoms with Crippen LogP contribution in [0.1, 0.15) is 0 Å². The average molecular weight is 448 g/mol. The van der Waals surface area contributed by atoms with E-state index < -0.39 is 22.1 Å². The Kier molecular flexibility index (Phi) is 5.55. The predicted molar refractivity (Wildman–Crippen MR) is 112 cm³/mol. The molecule has 0 unspecified atom stereocenters. The zero-order valence-corrected chi connectivity index (χ0v) is 16.8. The van der Waals surface area contributed by atoms with E-state index in [1.54, 1.807) is 12.1 Å². The van der Waals surface area contributed by atoms with Gasteiger partial charge in [0.1, 0.15) is 16.5 Å². The van der Waals surface area contributed by atoms with Gasteiger partial charge in [0.25, 0.3) is 11.2 Å². The lowest BCUT2D eigenvalue weighted by atomic mass is 10.2. The van der Waals surface area contributed by atoms with Gasteiger partial charge in [0.2, 0.25) is 0 Å². The molecule has 0 amide bonds. The molecule has 11 heteroatoms. The summed E-state index contributed by atoms with van der Waals surface area (Å²) in [5.41, 5.74) is 0.411. The SMILES string of the molecule is O=c1c(Cl)c(N2CCN(c3ccc([N+](=O)[O-])cc3)CC2)cnn1-c1ccc(F)cc1F. The third kappa shape index (κ3) is 4.06. The van der Waals surface area contributed by atoms with Crippen molar-refractivity contribution in [3.05, 3.63) is 85.8 Å². The molecule has 1 fully saturated rings. The molecule has 3 aromatic rings. The first kappa shape index (κ1) is 20.7. The van der Waals surface area contributed by atoms with Crippen molar-refractivity contribution in [3.8, 4) is 5.69 Å². The second-order valence-electron chi connectivity index (χ2n) is 6.90. The first-order valence-corrected chi connectivity index (χ1v) is 9.70. The maximum Gasteiger partial charge on any atom is 0.292 e. The molecule has 1 aliphatic heterocycles. The van der Waals surface area contributed by atoms with Crippen molar-refractivity contribution in [1.82, 2.24) is 9.78 Å². The molecular formula is C20H16ClF2N5O3. The van der Waals surface area contributed by atoms with Gasteiger partial charge in [-0.15, -0.1) is 0 Å². The smallest absolute Gasteiger partial charge is 0.292 e. The van der Waals surface area contributed by atoms with Crippen LogP contribution in [-0.4, -0.2) is 40.9 Å². The van der Waals surface area contributed by atoms with E-state index in [1.165, 1.54) is 18.3 Å². The summed E-state index contributed by atoms with van der Waals surface area (Å²) in [4.78, 5) is 27.0. The van der Waals surface area contributed by atoms with E-state index in [-0.39, 0.29) is 16.4 Å². The van der Waals surface area contributed by atoms with Crippen molar-refractivity contribution in [2.24, 2.45) is 0 Å². The van der Waals surface area contributed by atoms with Gasteiger partial charge in [-0.3, -0.25) is 14.9 Å². The van der Waals surface area contributed by atoms with Crippen LogP contribution in [0.4, 0.5) is 25.8 Å². The summed E-state index contributed by atoms with van der Waals surface area (Å²) in [6, 6.07) is 9.13. The standard InChI is InChI=1S/C20H16ClF2N5O3/c21-19-18(12-24-27(20(19)29)17-6-1-13(22)11-16(17)23)26-9-7-25(8-10-26)14-2-4-15(5-3-14)28(30)31/h1-6,11-12H,7-10H2. The Morgan fingerprint density at radius 2 is 1.61 bits per heavy atom. The number of aromatic nitrogens is 2. The monoisotopic (exact) mass is 447 g/mol. The Morgan fingerprint density at radius 3 is 2.23 bits per heavy atom. The summed E-state index contributed by atoms with van der Waals surface area (Å²) in [7, 11) is 0. The fourth-order valence-corrected chi connectivity index (χ4v) is 3.71. The van der Waals surface area contributed by atoms with E-state index in [9.17, 15) is 23.7 Å². The molecule has 2 heterocycles. The molecule has 160 valence electrons. The van der Waals surface area contributed by atoms with Crippen LogP contribution in [0.5, 0.6) is 0 Å². The molecule has 1 aliphatic rings. The number of piperazine rings is 1. The summed E-state index contributed by atoms with van der Waals surface area (Å²) in [6.45, 7) is 2.27. The molecule has 1 saturated heterocycles. The number of hydrogen-bond acceptors (Lipinski definition) is 6. The minimum Gasteiger partial charge on any atom is -0.368 e. The van der Waals surface area contributed by atoms with Crippen LogP contribution < -0.4 is 15.4 Å². The number of anilines is 2. The number of hydrogen-bond donors (Lipinski definition) is 0. The molecule has 0 N–H and O–H groups in total. The Hall–Kier alpha value is -3.53. The molecule has 0 radical (unpaired) electrons. The lowest BCUT2D eigenvalue weighted by Gasteiger charge is -2.37. The third-order valence-electron chi connectivity index (χ3n) is 5.08. The number of nitro benzene ring substituents is 1. The van der Waals surface area contributed by atoms with Gasteiger partial charge in [-0.2, -0.15) is 9.78 Å². The molecule has 0 aliphatic carbocycles. The van der Waals surface area contributed by atoms with Gasteiger partial charge in [0.15, 0.2) is 5.82 Å². The van der Waals surface area contributed by atoms with E-state index in [2.05, 4.69) is 10.00 Å². The summed E-state index contributed by atoms with van der Waals surface area (Å²) >= 11 is 6.28. The van der Waals surface area contributed by atoms with Crippen LogP contribution in [0.2, 0.25) is 5.02 Å². The van der Waals surface area contributed by atoms with Gasteiger partial charge in [-0.1, -0.05) is 11.6 Å². The van der Waals surface area contributed by atoms with Crippen LogP contribution in [0.25, 0.3) is 5.69 Å². The topological polar surface area (TPSA) is 84.5 Å². The molecule has 0 saturated carbocycles. The van der Waals surface area contributed by atoms with Crippen molar-refractivity contribution in [3.63, 3.8) is 0 Å². The summed E-state index contributed by atoms with van der Waals surface area (Å²) in [5, 5.41) is 14.7. The number of benzene rings is 2. The number of non-ortho nitro benzene ring substituents is 1. The first-order valence-electron chi connectivity index (χ1n) is 9.33. The lowest BCUT2D eigenvalue weighted by Crippen LogP contribution is -2.47. The van der Waals surface area contributed by atoms with Gasteiger partial charge >= 0.3 is 0 Å². The average Bonchev–Trinajstić information content (AvgIpc) is 2.76. The van der Waals surface area contributed by atoms with Crippen LogP contribution in [-0.2, 0) is 0 Å². The molecule has 2 aromatic carbocycles. The molecule has 8 nitrogen and oxygen atoms in total. The molecular weight excluding hydrogens is 432 g/mol. The molecule has 0 spiro atoms. The fraction of sp³-hybridized carbons (Fsp3) is 0.200. The van der Waals surface area contributed by atoms with Crippen molar-refractivity contribution >= 4 is 28.7 Å². The number of rotatable bonds is 4. The van der Waals surface area contributed by atoms with Crippen LogP contribution in [0, 0.1) is 21.7 Å². The largest absolute Gasteiger partial charge is 0.368 e. The summed E-state index contributed by atoms with van der Waals surface area (Å²) in [6.07, 6.45) is 1.38. The molecule has 31 heavy (non-hydrogen) atoms. The van der Waals surface area contributed by atoms with E-state index >= 15 is 0 Å². The highest BCUT2D eigenvalue weighted by atomic mass is 35.5. The van der Waals surface area contributed by atoms with Gasteiger partial charge in [-0.25, -0.2) is 8.78 Å². The second-order valence-corrected chi connectivity index (χ2v) is 7.28. The van der Waals surface area contributed by atoms with Crippen molar-refractivity contribution < 1.29 is 13.7 Å². The van der Waals surface area contributed by atoms with Gasteiger partial charge in [-0.05, 0) is 24.3 Å². The van der Waals surface area contributed by atoms with Crippen molar-refractivity contribution in [1.29, 1.82) is 0 Å². The Bertz CT molecular complexity index is 1190. The van der Waals surface area contributed by atoms with Crippen LogP contribution in [0.15, 0.2) is 53.5 Å². The highest BCUT2D eigenvalue weighted by molar-refractivity contribution is 6.33.